The summed E-state index contributed by atoms with van der Waals surface area (Å²) >= 11 is 1.74. The molecule has 0 radical (unpaired) electrons. The van der Waals surface area contributed by atoms with Crippen LogP contribution in [0.15, 0.2) is 29.6 Å². The summed E-state index contributed by atoms with van der Waals surface area (Å²) in [5, 5.41) is 9.16. The van der Waals surface area contributed by atoms with E-state index in [1.54, 1.807) is 11.3 Å². The van der Waals surface area contributed by atoms with Crippen LogP contribution in [0.2, 0.25) is 0 Å². The molecule has 1 aromatic heterocycles. The van der Waals surface area contributed by atoms with Gasteiger partial charge in [0.05, 0.1) is 22.5 Å². The number of benzene rings is 1. The minimum Gasteiger partial charge on any atom is -0.359 e. The monoisotopic (exact) mass is 327 g/mol. The second kappa shape index (κ2) is 4.99. The largest absolute Gasteiger partial charge is 0.359 e. The maximum Gasteiger partial charge on any atom is 0.237 e. The van der Waals surface area contributed by atoms with Crippen molar-refractivity contribution in [1.82, 2.24) is 0 Å². The Labute approximate surface area is 140 Å². The third kappa shape index (κ3) is 2.06. The molecule has 0 aliphatic carbocycles. The van der Waals surface area contributed by atoms with Crippen molar-refractivity contribution in [3.8, 4) is 0 Å². The van der Waals surface area contributed by atoms with Gasteiger partial charge in [0.25, 0.3) is 0 Å². The molecule has 4 nitrogen and oxygen atoms in total. The third-order valence-corrected chi connectivity index (χ3v) is 5.69. The molecule has 120 valence electrons. The quantitative estimate of drug-likeness (QED) is 0.882. The Balaban J connectivity index is 1.75. The Kier molecular flexibility index (Phi) is 3.17. The lowest BCUT2D eigenvalue weighted by Crippen LogP contribution is -2.36. The lowest BCUT2D eigenvalue weighted by molar-refractivity contribution is -0.122. The molecule has 0 saturated carbocycles. The molecular weight excluding hydrogens is 306 g/mol. The van der Waals surface area contributed by atoms with Gasteiger partial charge in [-0.25, -0.2) is 0 Å². The Morgan fingerprint density at radius 2 is 2.00 bits per heavy atom. The molecule has 2 N–H and O–H groups in total. The summed E-state index contributed by atoms with van der Waals surface area (Å²) in [6.07, 6.45) is 1.08. The van der Waals surface area contributed by atoms with Crippen molar-refractivity contribution in [2.24, 2.45) is 0 Å². The second-order valence-corrected chi connectivity index (χ2v) is 7.71. The molecule has 4 rings (SSSR count). The van der Waals surface area contributed by atoms with Crippen LogP contribution in [0.1, 0.15) is 43.8 Å². The van der Waals surface area contributed by atoms with E-state index in [9.17, 15) is 4.79 Å². The van der Waals surface area contributed by atoms with E-state index in [4.69, 9.17) is 0 Å². The molecule has 1 amide bonds. The zero-order valence-electron chi connectivity index (χ0n) is 13.6. The van der Waals surface area contributed by atoms with Crippen LogP contribution in [0.25, 0.3) is 0 Å². The number of hydrogen-bond donors (Lipinski definition) is 2. The van der Waals surface area contributed by atoms with Crippen LogP contribution in [-0.4, -0.2) is 12.5 Å². The normalized spacial score (nSPS) is 20.9. The van der Waals surface area contributed by atoms with E-state index in [1.807, 2.05) is 18.7 Å². The third-order valence-electron chi connectivity index (χ3n) is 4.75. The van der Waals surface area contributed by atoms with E-state index in [2.05, 4.69) is 47.2 Å². The van der Waals surface area contributed by atoms with Crippen molar-refractivity contribution < 1.29 is 4.79 Å². The molecule has 1 atom stereocenters. The van der Waals surface area contributed by atoms with E-state index < -0.39 is 5.41 Å². The predicted octanol–water partition coefficient (Wildman–Crippen LogP) is 4.32. The van der Waals surface area contributed by atoms with Gasteiger partial charge < -0.3 is 15.5 Å². The number of rotatable bonds is 3. The summed E-state index contributed by atoms with van der Waals surface area (Å²) in [6, 6.07) is 8.48. The number of hydrogen-bond acceptors (Lipinski definition) is 4. The van der Waals surface area contributed by atoms with Crippen molar-refractivity contribution in [2.75, 3.05) is 22.1 Å². The molecule has 3 heterocycles. The first-order valence-electron chi connectivity index (χ1n) is 8.09. The summed E-state index contributed by atoms with van der Waals surface area (Å²) in [7, 11) is 0. The van der Waals surface area contributed by atoms with Gasteiger partial charge in [0.1, 0.15) is 6.17 Å². The van der Waals surface area contributed by atoms with E-state index in [0.29, 0.717) is 0 Å². The van der Waals surface area contributed by atoms with Gasteiger partial charge in [-0.2, -0.15) is 0 Å². The minimum atomic E-state index is -0.456. The van der Waals surface area contributed by atoms with Gasteiger partial charge in [0, 0.05) is 11.4 Å². The first-order chi connectivity index (χ1) is 11.0. The Hall–Kier alpha value is -2.01. The van der Waals surface area contributed by atoms with Crippen LogP contribution in [-0.2, 0) is 10.2 Å². The van der Waals surface area contributed by atoms with Crippen LogP contribution in [0.4, 0.5) is 17.1 Å². The zero-order valence-corrected chi connectivity index (χ0v) is 14.5. The molecular formula is C18H21N3OS. The van der Waals surface area contributed by atoms with Crippen molar-refractivity contribution in [3.05, 3.63) is 40.1 Å². The number of amides is 1. The zero-order chi connectivity index (χ0) is 16.2. The van der Waals surface area contributed by atoms with Gasteiger partial charge in [0.2, 0.25) is 5.91 Å². The van der Waals surface area contributed by atoms with E-state index in [0.717, 1.165) is 35.6 Å². The van der Waals surface area contributed by atoms with E-state index >= 15 is 0 Å². The van der Waals surface area contributed by atoms with Gasteiger partial charge in [-0.15, -0.1) is 11.3 Å². The molecule has 0 fully saturated rings. The highest BCUT2D eigenvalue weighted by atomic mass is 32.1. The molecule has 2 aliphatic rings. The molecule has 0 spiro atoms. The molecule has 23 heavy (non-hydrogen) atoms. The fourth-order valence-corrected chi connectivity index (χ4v) is 4.23. The maximum absolute atomic E-state index is 12.7. The average Bonchev–Trinajstić information content (AvgIpc) is 3.21. The van der Waals surface area contributed by atoms with Crippen molar-refractivity contribution in [2.45, 2.75) is 38.8 Å². The lowest BCUT2D eigenvalue weighted by Gasteiger charge is -2.19. The topological polar surface area (TPSA) is 44.4 Å². The highest BCUT2D eigenvalue weighted by Gasteiger charge is 2.44. The number of carbonyl (C=O) groups excluding carboxylic acids is 1. The van der Waals surface area contributed by atoms with Crippen LogP contribution >= 0.6 is 11.3 Å². The van der Waals surface area contributed by atoms with E-state index in [-0.39, 0.29) is 12.1 Å². The number of fused-ring (bicyclic) bond motifs is 2. The fraction of sp³-hybridized carbons (Fsp3) is 0.389. The lowest BCUT2D eigenvalue weighted by atomic mass is 9.86. The first kappa shape index (κ1) is 14.6. The summed E-state index contributed by atoms with van der Waals surface area (Å²) in [5.41, 5.74) is 3.88. The van der Waals surface area contributed by atoms with Gasteiger partial charge >= 0.3 is 0 Å². The summed E-state index contributed by atoms with van der Waals surface area (Å²) in [5.74, 6) is 0.202. The molecule has 2 aromatic rings. The number of nitrogens with zero attached hydrogens (tertiary/aromatic N) is 1. The van der Waals surface area contributed by atoms with Crippen molar-refractivity contribution >= 4 is 34.3 Å². The van der Waals surface area contributed by atoms with Gasteiger partial charge in [-0.3, -0.25) is 4.79 Å². The van der Waals surface area contributed by atoms with Gasteiger partial charge in [-0.05, 0) is 49.4 Å². The van der Waals surface area contributed by atoms with Gasteiger partial charge in [-0.1, -0.05) is 13.0 Å². The summed E-state index contributed by atoms with van der Waals surface area (Å²) in [4.78, 5) is 15.9. The molecule has 0 bridgehead atoms. The van der Waals surface area contributed by atoms with Gasteiger partial charge in [0.15, 0.2) is 0 Å². The van der Waals surface area contributed by atoms with Crippen LogP contribution in [0.5, 0.6) is 0 Å². The predicted molar refractivity (Wildman–Crippen MR) is 96.4 cm³/mol. The molecule has 0 saturated heterocycles. The van der Waals surface area contributed by atoms with Crippen molar-refractivity contribution in [3.63, 3.8) is 0 Å². The number of thiophene rings is 1. The molecule has 1 unspecified atom stereocenters. The van der Waals surface area contributed by atoms with Crippen LogP contribution in [0, 0.1) is 0 Å². The average molecular weight is 327 g/mol. The standard InChI is InChI=1S/C18H21N3OS/c1-4-7-21-14-10-13-12(9-11(14)18(2,3)17(21)22)19-16(20-13)15-6-5-8-23-15/h5-6,8-10,16,19-20H,4,7H2,1-3H3. The second-order valence-electron chi connectivity index (χ2n) is 6.73. The first-order valence-corrected chi connectivity index (χ1v) is 8.97. The Morgan fingerprint density at radius 3 is 2.65 bits per heavy atom. The Bertz CT molecular complexity index is 767. The highest BCUT2D eigenvalue weighted by molar-refractivity contribution is 7.10. The number of anilines is 3. The molecule has 2 aliphatic heterocycles. The molecule has 1 aromatic carbocycles. The maximum atomic E-state index is 12.7. The van der Waals surface area contributed by atoms with Crippen LogP contribution < -0.4 is 15.5 Å². The van der Waals surface area contributed by atoms with Crippen molar-refractivity contribution in [1.29, 1.82) is 0 Å². The van der Waals surface area contributed by atoms with E-state index in [1.165, 1.54) is 4.88 Å². The minimum absolute atomic E-state index is 0.117. The smallest absolute Gasteiger partial charge is 0.237 e. The Morgan fingerprint density at radius 1 is 1.26 bits per heavy atom. The number of carbonyl (C=O) groups is 1. The molecule has 5 heteroatoms. The summed E-state index contributed by atoms with van der Waals surface area (Å²) in [6.45, 7) is 6.93. The SMILES string of the molecule is CCCN1C(=O)C(C)(C)c2cc3c(cc21)NC(c1cccs1)N3. The fourth-order valence-electron chi connectivity index (χ4n) is 3.50. The number of nitrogens with one attached hydrogen (secondary N) is 2. The van der Waals surface area contributed by atoms with Crippen LogP contribution in [0.3, 0.4) is 0 Å². The summed E-state index contributed by atoms with van der Waals surface area (Å²) < 4.78 is 0. The highest BCUT2D eigenvalue weighted by Crippen LogP contribution is 2.48.